The highest BCUT2D eigenvalue weighted by atomic mass is 32.2. The number of aromatic nitrogens is 5. The molecule has 0 bridgehead atoms. The first-order chi connectivity index (χ1) is 17.5. The van der Waals surface area contributed by atoms with Gasteiger partial charge in [0.25, 0.3) is 5.56 Å². The van der Waals surface area contributed by atoms with Crippen LogP contribution in [0.15, 0.2) is 95.3 Å². The number of aryl methyl sites for hydroxylation is 2. The standard InChI is InChI=1S/C27H24N6O2S/c1-18-12-13-22(29-16-18)33-26(35)20-10-6-7-11-21(20)30-27(33)36-17-23(34)31-24(19-8-4-3-5-9-19)25-28-14-15-32(25)2/h3-16,24H,17H2,1-2H3,(H,31,34). The van der Waals surface area contributed by atoms with Gasteiger partial charge in [0.15, 0.2) is 5.16 Å². The van der Waals surface area contributed by atoms with E-state index in [4.69, 9.17) is 4.98 Å². The molecule has 3 aromatic heterocycles. The Balaban J connectivity index is 1.45. The smallest absolute Gasteiger partial charge is 0.267 e. The zero-order valence-corrected chi connectivity index (χ0v) is 20.6. The molecule has 36 heavy (non-hydrogen) atoms. The van der Waals surface area contributed by atoms with Crippen molar-refractivity contribution in [2.75, 3.05) is 5.75 Å². The number of nitrogens with zero attached hydrogens (tertiary/aromatic N) is 5. The molecule has 1 amide bonds. The number of hydrogen-bond acceptors (Lipinski definition) is 6. The summed E-state index contributed by atoms with van der Waals surface area (Å²) >= 11 is 1.19. The zero-order chi connectivity index (χ0) is 25.1. The Hall–Kier alpha value is -4.24. The van der Waals surface area contributed by atoms with E-state index in [1.807, 2.05) is 67.2 Å². The highest BCUT2D eigenvalue weighted by Crippen LogP contribution is 2.23. The summed E-state index contributed by atoms with van der Waals surface area (Å²) in [6, 6.07) is 20.1. The van der Waals surface area contributed by atoms with Gasteiger partial charge in [0.2, 0.25) is 5.91 Å². The number of imidazole rings is 1. The number of carbonyl (C=O) groups is 1. The van der Waals surface area contributed by atoms with Crippen LogP contribution in [-0.4, -0.2) is 35.7 Å². The Morgan fingerprint density at radius 2 is 1.81 bits per heavy atom. The summed E-state index contributed by atoms with van der Waals surface area (Å²) in [7, 11) is 1.89. The van der Waals surface area contributed by atoms with Gasteiger partial charge in [0, 0.05) is 25.6 Å². The van der Waals surface area contributed by atoms with Crippen molar-refractivity contribution in [3.8, 4) is 5.82 Å². The molecule has 180 valence electrons. The van der Waals surface area contributed by atoms with Crippen LogP contribution in [-0.2, 0) is 11.8 Å². The summed E-state index contributed by atoms with van der Waals surface area (Å²) in [4.78, 5) is 40.1. The van der Waals surface area contributed by atoms with Crippen LogP contribution in [0, 0.1) is 6.92 Å². The topological polar surface area (TPSA) is 94.7 Å². The number of thioether (sulfide) groups is 1. The lowest BCUT2D eigenvalue weighted by Crippen LogP contribution is -2.32. The summed E-state index contributed by atoms with van der Waals surface area (Å²) in [5.41, 5.74) is 2.25. The van der Waals surface area contributed by atoms with E-state index in [2.05, 4.69) is 15.3 Å². The third-order valence-electron chi connectivity index (χ3n) is 5.76. The van der Waals surface area contributed by atoms with E-state index in [0.29, 0.717) is 21.9 Å². The Labute approximate surface area is 212 Å². The minimum absolute atomic E-state index is 0.0599. The maximum atomic E-state index is 13.4. The number of fused-ring (bicyclic) bond motifs is 1. The molecule has 0 aliphatic heterocycles. The molecule has 0 aliphatic carbocycles. The van der Waals surface area contributed by atoms with Gasteiger partial charge in [-0.1, -0.05) is 60.3 Å². The van der Waals surface area contributed by atoms with E-state index >= 15 is 0 Å². The third-order valence-corrected chi connectivity index (χ3v) is 6.70. The summed E-state index contributed by atoms with van der Waals surface area (Å²) in [6.07, 6.45) is 5.26. The highest BCUT2D eigenvalue weighted by molar-refractivity contribution is 7.99. The fraction of sp³-hybridized carbons (Fsp3) is 0.148. The van der Waals surface area contributed by atoms with Crippen molar-refractivity contribution >= 4 is 28.6 Å². The number of para-hydroxylation sites is 1. The maximum Gasteiger partial charge on any atom is 0.267 e. The van der Waals surface area contributed by atoms with Gasteiger partial charge < -0.3 is 9.88 Å². The van der Waals surface area contributed by atoms with Crippen LogP contribution in [0.5, 0.6) is 0 Å². The monoisotopic (exact) mass is 496 g/mol. The van der Waals surface area contributed by atoms with E-state index in [9.17, 15) is 9.59 Å². The van der Waals surface area contributed by atoms with Crippen LogP contribution in [0.1, 0.15) is 23.0 Å². The SMILES string of the molecule is Cc1ccc(-n2c(SCC(=O)NC(c3ccccc3)c3nccn3C)nc3ccccc3c2=O)nc1. The molecule has 8 nitrogen and oxygen atoms in total. The molecule has 0 spiro atoms. The molecule has 1 atom stereocenters. The van der Waals surface area contributed by atoms with Crippen molar-refractivity contribution in [2.24, 2.45) is 7.05 Å². The van der Waals surface area contributed by atoms with Gasteiger partial charge in [-0.2, -0.15) is 0 Å². The number of rotatable bonds is 7. The predicted molar refractivity (Wildman–Crippen MR) is 140 cm³/mol. The average molecular weight is 497 g/mol. The van der Waals surface area contributed by atoms with Crippen molar-refractivity contribution in [1.29, 1.82) is 0 Å². The number of hydrogen-bond donors (Lipinski definition) is 1. The minimum Gasteiger partial charge on any atom is -0.341 e. The second kappa shape index (κ2) is 10.2. The fourth-order valence-electron chi connectivity index (χ4n) is 3.93. The average Bonchev–Trinajstić information content (AvgIpc) is 3.33. The molecule has 0 saturated carbocycles. The normalized spacial score (nSPS) is 11.9. The first kappa shape index (κ1) is 23.5. The van der Waals surface area contributed by atoms with Crippen molar-refractivity contribution in [2.45, 2.75) is 18.1 Å². The lowest BCUT2D eigenvalue weighted by Gasteiger charge is -2.19. The molecule has 3 heterocycles. The molecule has 0 fully saturated rings. The van der Waals surface area contributed by atoms with Crippen LogP contribution in [0.25, 0.3) is 16.7 Å². The van der Waals surface area contributed by atoms with Crippen LogP contribution in [0.4, 0.5) is 0 Å². The van der Waals surface area contributed by atoms with Gasteiger partial charge in [0.1, 0.15) is 17.7 Å². The predicted octanol–water partition coefficient (Wildman–Crippen LogP) is 3.82. The maximum absolute atomic E-state index is 13.4. The molecular weight excluding hydrogens is 472 g/mol. The highest BCUT2D eigenvalue weighted by Gasteiger charge is 2.22. The first-order valence-corrected chi connectivity index (χ1v) is 12.4. The molecule has 1 N–H and O–H groups in total. The van der Waals surface area contributed by atoms with E-state index < -0.39 is 6.04 Å². The second-order valence-electron chi connectivity index (χ2n) is 8.34. The van der Waals surface area contributed by atoms with Gasteiger partial charge in [-0.3, -0.25) is 9.59 Å². The largest absolute Gasteiger partial charge is 0.341 e. The van der Waals surface area contributed by atoms with Crippen LogP contribution in [0.2, 0.25) is 0 Å². The Bertz CT molecular complexity index is 1580. The fourth-order valence-corrected chi connectivity index (χ4v) is 4.75. The quantitative estimate of drug-likeness (QED) is 0.272. The molecular formula is C27H24N6O2S. The van der Waals surface area contributed by atoms with Crippen molar-refractivity contribution in [3.63, 3.8) is 0 Å². The van der Waals surface area contributed by atoms with E-state index in [1.165, 1.54) is 16.3 Å². The van der Waals surface area contributed by atoms with Crippen LogP contribution >= 0.6 is 11.8 Å². The summed E-state index contributed by atoms with van der Waals surface area (Å²) in [5, 5.41) is 3.99. The van der Waals surface area contributed by atoms with Crippen molar-refractivity contribution < 1.29 is 4.79 Å². The van der Waals surface area contributed by atoms with Crippen molar-refractivity contribution in [1.82, 2.24) is 29.4 Å². The zero-order valence-electron chi connectivity index (χ0n) is 19.8. The van der Waals surface area contributed by atoms with Gasteiger partial charge in [-0.05, 0) is 36.2 Å². The molecule has 2 aromatic carbocycles. The Morgan fingerprint density at radius 1 is 1.03 bits per heavy atom. The molecule has 5 aromatic rings. The van der Waals surface area contributed by atoms with E-state index in [-0.39, 0.29) is 17.2 Å². The van der Waals surface area contributed by atoms with Crippen LogP contribution in [0.3, 0.4) is 0 Å². The third kappa shape index (κ3) is 4.78. The number of pyridine rings is 1. The lowest BCUT2D eigenvalue weighted by molar-refractivity contribution is -0.119. The number of carbonyl (C=O) groups excluding carboxylic acids is 1. The lowest BCUT2D eigenvalue weighted by atomic mass is 10.1. The molecule has 1 unspecified atom stereocenters. The molecule has 0 aliphatic rings. The van der Waals surface area contributed by atoms with Gasteiger partial charge in [0.05, 0.1) is 16.7 Å². The number of amides is 1. The summed E-state index contributed by atoms with van der Waals surface area (Å²) < 4.78 is 3.35. The minimum atomic E-state index is -0.412. The van der Waals surface area contributed by atoms with E-state index in [1.54, 1.807) is 36.7 Å². The molecule has 0 saturated heterocycles. The molecule has 5 rings (SSSR count). The number of benzene rings is 2. The molecule has 9 heteroatoms. The van der Waals surface area contributed by atoms with E-state index in [0.717, 1.165) is 17.0 Å². The number of nitrogens with one attached hydrogen (secondary N) is 1. The van der Waals surface area contributed by atoms with Gasteiger partial charge in [-0.25, -0.2) is 19.5 Å². The summed E-state index contributed by atoms with van der Waals surface area (Å²) in [5.74, 6) is 1.04. The molecule has 0 radical (unpaired) electrons. The Morgan fingerprint density at radius 3 is 2.53 bits per heavy atom. The first-order valence-electron chi connectivity index (χ1n) is 11.4. The van der Waals surface area contributed by atoms with Gasteiger partial charge >= 0.3 is 0 Å². The Kier molecular flexibility index (Phi) is 6.64. The second-order valence-corrected chi connectivity index (χ2v) is 9.28. The summed E-state index contributed by atoms with van der Waals surface area (Å²) in [6.45, 7) is 1.93. The van der Waals surface area contributed by atoms with Gasteiger partial charge in [-0.15, -0.1) is 0 Å². The van der Waals surface area contributed by atoms with Crippen molar-refractivity contribution in [3.05, 3.63) is 113 Å². The van der Waals surface area contributed by atoms with Crippen LogP contribution < -0.4 is 10.9 Å².